The summed E-state index contributed by atoms with van der Waals surface area (Å²) in [6.07, 6.45) is -1.10. The SMILES string of the molecule is CCOCC.Cc1ccc(S(=O)(=O)[C@H]2CN=C3c4ccccc4O[C@@]34[C@H](c3ccccc3)OC[C@@]24c2ccccc2)cc1.Cc1ccc(S(=O)(=O)[C@H]2CN=C3c4ccccc4O[C@@]34[C@H](c3ccccc3)OC[C@@]24c2ccccc2)cc1. The number of sulfone groups is 2. The molecule has 0 bridgehead atoms. The molecule has 0 amide bonds. The van der Waals surface area contributed by atoms with Gasteiger partial charge in [0.15, 0.2) is 30.9 Å². The van der Waals surface area contributed by atoms with Gasteiger partial charge in [0, 0.05) is 24.3 Å². The topological polar surface area (TPSA) is 139 Å². The van der Waals surface area contributed by atoms with Crippen LogP contribution in [0.25, 0.3) is 0 Å². The number of para-hydroxylation sites is 2. The van der Waals surface area contributed by atoms with E-state index in [1.807, 2.05) is 222 Å². The van der Waals surface area contributed by atoms with Crippen LogP contribution in [-0.2, 0) is 44.7 Å². The highest BCUT2D eigenvalue weighted by Gasteiger charge is 2.77. The largest absolute Gasteiger partial charge is 0.476 e. The Kier molecular flexibility index (Phi) is 14.3. The molecular formula is C68H64N2O9S2. The molecule has 6 aliphatic heterocycles. The summed E-state index contributed by atoms with van der Waals surface area (Å²) in [5.41, 5.74) is 4.50. The summed E-state index contributed by atoms with van der Waals surface area (Å²) in [4.78, 5) is 10.6. The van der Waals surface area contributed by atoms with Crippen LogP contribution >= 0.6 is 0 Å². The van der Waals surface area contributed by atoms with Crippen molar-refractivity contribution in [2.45, 2.75) is 82.2 Å². The lowest BCUT2D eigenvalue weighted by Gasteiger charge is -2.50. The van der Waals surface area contributed by atoms with Gasteiger partial charge in [-0.1, -0.05) is 181 Å². The molecule has 0 aliphatic carbocycles. The molecule has 8 aromatic rings. The molecule has 0 saturated carbocycles. The number of benzene rings is 8. The van der Waals surface area contributed by atoms with Crippen molar-refractivity contribution in [3.05, 3.63) is 263 Å². The molecule has 11 nitrogen and oxygen atoms in total. The van der Waals surface area contributed by atoms with E-state index in [2.05, 4.69) is 0 Å². The summed E-state index contributed by atoms with van der Waals surface area (Å²) in [6.45, 7) is 10.2. The molecule has 8 aromatic carbocycles. The van der Waals surface area contributed by atoms with Crippen LogP contribution in [0.2, 0.25) is 0 Å². The molecule has 0 aromatic heterocycles. The second-order valence-electron chi connectivity index (χ2n) is 21.4. The molecule has 14 rings (SSSR count). The molecule has 6 aliphatic rings. The normalized spacial score (nSPS) is 26.4. The average molecular weight is 1120 g/mol. The highest BCUT2D eigenvalue weighted by Crippen LogP contribution is 2.64. The van der Waals surface area contributed by atoms with Crippen molar-refractivity contribution in [3.63, 3.8) is 0 Å². The van der Waals surface area contributed by atoms with E-state index in [-0.39, 0.29) is 36.1 Å². The van der Waals surface area contributed by atoms with Gasteiger partial charge in [0.2, 0.25) is 0 Å². The van der Waals surface area contributed by atoms with Crippen molar-refractivity contribution in [3.8, 4) is 11.5 Å². The Labute approximate surface area is 475 Å². The van der Waals surface area contributed by atoms with Crippen molar-refractivity contribution in [2.24, 2.45) is 9.98 Å². The molecule has 0 unspecified atom stereocenters. The minimum atomic E-state index is -3.84. The number of rotatable bonds is 10. The van der Waals surface area contributed by atoms with E-state index in [9.17, 15) is 16.8 Å². The quantitative estimate of drug-likeness (QED) is 0.131. The van der Waals surface area contributed by atoms with E-state index in [0.29, 0.717) is 11.5 Å². The highest BCUT2D eigenvalue weighted by atomic mass is 32.2. The monoisotopic (exact) mass is 1120 g/mol. The Morgan fingerprint density at radius 3 is 1.12 bits per heavy atom. The first-order valence-corrected chi connectivity index (χ1v) is 30.8. The zero-order chi connectivity index (χ0) is 56.0. The van der Waals surface area contributed by atoms with Gasteiger partial charge in [0.25, 0.3) is 0 Å². The maximum absolute atomic E-state index is 14.5. The maximum atomic E-state index is 14.5. The highest BCUT2D eigenvalue weighted by molar-refractivity contribution is 7.92. The summed E-state index contributed by atoms with van der Waals surface area (Å²) < 4.78 is 90.4. The van der Waals surface area contributed by atoms with E-state index in [1.54, 1.807) is 24.3 Å². The lowest BCUT2D eigenvalue weighted by molar-refractivity contribution is 0.0158. The summed E-state index contributed by atoms with van der Waals surface area (Å²) >= 11 is 0. The molecule has 13 heteroatoms. The van der Waals surface area contributed by atoms with Gasteiger partial charge in [0.05, 0.1) is 58.3 Å². The fourth-order valence-electron chi connectivity index (χ4n) is 13.5. The number of fused-ring (bicyclic) bond motifs is 4. The summed E-state index contributed by atoms with van der Waals surface area (Å²) in [6, 6.07) is 69.5. The van der Waals surface area contributed by atoms with Gasteiger partial charge in [-0.25, -0.2) is 16.8 Å². The first-order chi connectivity index (χ1) is 39.4. The van der Waals surface area contributed by atoms with Gasteiger partial charge in [-0.15, -0.1) is 0 Å². The first-order valence-electron chi connectivity index (χ1n) is 27.7. The zero-order valence-electron chi connectivity index (χ0n) is 45.7. The minimum absolute atomic E-state index is 0.116. The van der Waals surface area contributed by atoms with Crippen molar-refractivity contribution >= 4 is 31.1 Å². The Hall–Kier alpha value is -7.52. The Balaban J connectivity index is 0.000000149. The molecule has 0 N–H and O–H groups in total. The van der Waals surface area contributed by atoms with Crippen LogP contribution in [0.4, 0.5) is 0 Å². The number of nitrogens with zero attached hydrogens (tertiary/aromatic N) is 2. The fraction of sp³-hybridized carbons (Fsp3) is 0.265. The van der Waals surface area contributed by atoms with Crippen LogP contribution in [0, 0.1) is 13.8 Å². The number of hydrogen-bond donors (Lipinski definition) is 0. The average Bonchev–Trinajstić information content (AvgIpc) is 2.99. The molecule has 6 heterocycles. The number of hydrogen-bond acceptors (Lipinski definition) is 11. The number of aliphatic imine (C=N–C) groups is 2. The van der Waals surface area contributed by atoms with Crippen LogP contribution in [0.5, 0.6) is 11.5 Å². The van der Waals surface area contributed by atoms with E-state index in [0.717, 1.165) is 69.1 Å². The second kappa shape index (κ2) is 21.4. The first kappa shape index (κ1) is 54.1. The lowest BCUT2D eigenvalue weighted by Crippen LogP contribution is -2.68. The molecule has 2 fully saturated rings. The predicted octanol–water partition coefficient (Wildman–Crippen LogP) is 12.0. The smallest absolute Gasteiger partial charge is 0.194 e. The van der Waals surface area contributed by atoms with Crippen LogP contribution < -0.4 is 9.47 Å². The van der Waals surface area contributed by atoms with E-state index >= 15 is 0 Å². The van der Waals surface area contributed by atoms with Gasteiger partial charge >= 0.3 is 0 Å². The number of aryl methyl sites for hydroxylation is 2. The molecule has 0 radical (unpaired) electrons. The molecule has 8 atom stereocenters. The van der Waals surface area contributed by atoms with Crippen LogP contribution in [-0.4, -0.2) is 89.5 Å². The molecular weight excluding hydrogens is 1050 g/mol. The van der Waals surface area contributed by atoms with Crippen LogP contribution in [0.1, 0.15) is 70.6 Å². The van der Waals surface area contributed by atoms with Crippen molar-refractivity contribution in [1.29, 1.82) is 0 Å². The van der Waals surface area contributed by atoms with E-state index < -0.39 is 64.4 Å². The minimum Gasteiger partial charge on any atom is -0.476 e. The van der Waals surface area contributed by atoms with Crippen molar-refractivity contribution in [1.82, 2.24) is 0 Å². The third-order valence-corrected chi connectivity index (χ3v) is 21.6. The standard InChI is InChI=1S/2C32H27NO4S.C4H10O/c2*1-22-16-18-25(19-17-22)38(34,35)28-20-33-29-26-14-8-9-15-27(26)37-32(29)30(23-10-4-2-5-11-23)36-21-31(28,32)24-12-6-3-7-13-24;1-3-5-4-2/h2*2-19,28,30H,20-21H2,1H3;3-4H2,1-2H3/t2*28-,30-,31+,32+;/m00./s1. The van der Waals surface area contributed by atoms with Gasteiger partial charge in [-0.2, -0.15) is 0 Å². The third-order valence-electron chi connectivity index (χ3n) is 17.1. The van der Waals surface area contributed by atoms with Crippen LogP contribution in [0.3, 0.4) is 0 Å². The Morgan fingerprint density at radius 1 is 0.444 bits per heavy atom. The van der Waals surface area contributed by atoms with Crippen molar-refractivity contribution < 1.29 is 40.5 Å². The van der Waals surface area contributed by atoms with E-state index in [4.69, 9.17) is 33.7 Å². The zero-order valence-corrected chi connectivity index (χ0v) is 47.4. The van der Waals surface area contributed by atoms with Crippen molar-refractivity contribution in [2.75, 3.05) is 39.5 Å². The van der Waals surface area contributed by atoms with Gasteiger partial charge in [0.1, 0.15) is 34.2 Å². The molecule has 412 valence electrons. The fourth-order valence-corrected chi connectivity index (χ4v) is 17.5. The van der Waals surface area contributed by atoms with Crippen LogP contribution in [0.15, 0.2) is 238 Å². The lowest BCUT2D eigenvalue weighted by atomic mass is 9.60. The molecule has 2 saturated heterocycles. The van der Waals surface area contributed by atoms with Gasteiger partial charge < -0.3 is 23.7 Å². The summed E-state index contributed by atoms with van der Waals surface area (Å²) in [5.74, 6) is 1.40. The van der Waals surface area contributed by atoms with Gasteiger partial charge in [-0.05, 0) is 98.5 Å². The Morgan fingerprint density at radius 2 is 0.778 bits per heavy atom. The number of ether oxygens (including phenoxy) is 5. The molecule has 81 heavy (non-hydrogen) atoms. The summed E-state index contributed by atoms with van der Waals surface area (Å²) in [5, 5.41) is -1.79. The molecule has 2 spiro atoms. The third kappa shape index (κ3) is 8.44. The van der Waals surface area contributed by atoms with E-state index in [1.165, 1.54) is 0 Å². The predicted molar refractivity (Wildman–Crippen MR) is 315 cm³/mol. The van der Waals surface area contributed by atoms with Gasteiger partial charge in [-0.3, -0.25) is 9.98 Å². The Bertz CT molecular complexity index is 3610. The summed E-state index contributed by atoms with van der Waals surface area (Å²) in [7, 11) is -7.69. The maximum Gasteiger partial charge on any atom is 0.194 e. The second-order valence-corrected chi connectivity index (χ2v) is 25.7.